The molecule has 10 atom stereocenters. The maximum atomic E-state index is 14.3. The van der Waals surface area contributed by atoms with Crippen LogP contribution in [0.15, 0.2) is 30.3 Å². The van der Waals surface area contributed by atoms with E-state index in [1.54, 1.807) is 0 Å². The number of carbonyl (C=O) groups excluding carboxylic acids is 3. The third-order valence-electron chi connectivity index (χ3n) is 16.0. The quantitative estimate of drug-likeness (QED) is 0.191. The molecule has 6 rings (SSSR count). The molecule has 6 nitrogen and oxygen atoms in total. The zero-order valence-electron chi connectivity index (χ0n) is 31.8. The first kappa shape index (κ1) is 36.4. The van der Waals surface area contributed by atoms with E-state index in [9.17, 15) is 14.4 Å². The first-order valence-corrected chi connectivity index (χ1v) is 19.7. The fourth-order valence-electron chi connectivity index (χ4n) is 13.4. The van der Waals surface area contributed by atoms with Gasteiger partial charge in [0.1, 0.15) is 12.7 Å². The molecule has 5 aliphatic carbocycles. The van der Waals surface area contributed by atoms with Crippen molar-refractivity contribution in [1.29, 1.82) is 0 Å². The van der Waals surface area contributed by atoms with E-state index in [1.807, 2.05) is 37.3 Å². The molecular formula is C43H64O6. The molecule has 0 aromatic heterocycles. The van der Waals surface area contributed by atoms with Crippen LogP contribution in [0, 0.1) is 62.6 Å². The van der Waals surface area contributed by atoms with Gasteiger partial charge in [-0.05, 0) is 128 Å². The van der Waals surface area contributed by atoms with Crippen molar-refractivity contribution in [3.05, 3.63) is 35.9 Å². The normalized spacial score (nSPS) is 40.7. The molecule has 1 aromatic rings. The Morgan fingerprint density at radius 1 is 0.776 bits per heavy atom. The number of ether oxygens (including phenoxy) is 3. The monoisotopic (exact) mass is 676 g/mol. The van der Waals surface area contributed by atoms with Gasteiger partial charge in [-0.3, -0.25) is 9.59 Å². The Balaban J connectivity index is 1.22. The molecule has 0 N–H and O–H groups in total. The van der Waals surface area contributed by atoms with Crippen molar-refractivity contribution in [1.82, 2.24) is 0 Å². The van der Waals surface area contributed by atoms with Crippen molar-refractivity contribution in [3.8, 4) is 0 Å². The third-order valence-corrected chi connectivity index (χ3v) is 16.0. The zero-order valence-corrected chi connectivity index (χ0v) is 31.8. The van der Waals surface area contributed by atoms with Crippen molar-refractivity contribution >= 4 is 17.9 Å². The Labute approximate surface area is 296 Å². The summed E-state index contributed by atoms with van der Waals surface area (Å²) in [7, 11) is 0. The highest BCUT2D eigenvalue weighted by molar-refractivity contribution is 5.81. The highest BCUT2D eigenvalue weighted by Gasteiger charge is 2.72. The minimum atomic E-state index is -0.522. The number of hydrogen-bond donors (Lipinski definition) is 0. The van der Waals surface area contributed by atoms with E-state index in [2.05, 4.69) is 48.5 Å². The Morgan fingerprint density at radius 3 is 2.20 bits per heavy atom. The van der Waals surface area contributed by atoms with Crippen LogP contribution in [-0.2, 0) is 35.2 Å². The van der Waals surface area contributed by atoms with E-state index in [1.165, 1.54) is 12.8 Å². The van der Waals surface area contributed by atoms with Crippen molar-refractivity contribution in [2.75, 3.05) is 6.61 Å². The number of carbonyl (C=O) groups is 3. The van der Waals surface area contributed by atoms with Crippen LogP contribution < -0.4 is 0 Å². The van der Waals surface area contributed by atoms with Crippen LogP contribution >= 0.6 is 0 Å². The van der Waals surface area contributed by atoms with Gasteiger partial charge in [-0.15, -0.1) is 0 Å². The number of hydrogen-bond acceptors (Lipinski definition) is 6. The van der Waals surface area contributed by atoms with Gasteiger partial charge in [0.15, 0.2) is 6.61 Å². The topological polar surface area (TPSA) is 78.9 Å². The first-order chi connectivity index (χ1) is 23.1. The molecule has 5 fully saturated rings. The van der Waals surface area contributed by atoms with Gasteiger partial charge >= 0.3 is 17.9 Å². The highest BCUT2D eigenvalue weighted by Crippen LogP contribution is 2.77. The van der Waals surface area contributed by atoms with Crippen LogP contribution in [0.2, 0.25) is 0 Å². The minimum absolute atomic E-state index is 0.0110. The summed E-state index contributed by atoms with van der Waals surface area (Å²) < 4.78 is 17.6. The van der Waals surface area contributed by atoms with Crippen LogP contribution in [0.1, 0.15) is 138 Å². The standard InChI is InChI=1S/C43H64O6/c1-9-13-35(44)49-34-20-21-40(6)32(39(34,4)5)19-22-42(8)33(40)17-16-31-37-30(28(2)3)18-23-43(37,25-24-41(31,42)7)38(46)48-27-36(45)47-26-29-14-11-10-12-15-29/h10-12,14-15,28,30-34,37H,9,13,16-27H2,1-8H3/t30-,31?,32-,33+,34+,37-,40-,41+,42+,43-/m0/s1. The molecule has 272 valence electrons. The summed E-state index contributed by atoms with van der Waals surface area (Å²) in [6, 6.07) is 9.62. The molecule has 1 aromatic carbocycles. The van der Waals surface area contributed by atoms with Crippen LogP contribution in [0.4, 0.5) is 0 Å². The van der Waals surface area contributed by atoms with E-state index < -0.39 is 11.4 Å². The molecule has 1 unspecified atom stereocenters. The molecule has 0 radical (unpaired) electrons. The van der Waals surface area contributed by atoms with Gasteiger partial charge in [-0.2, -0.15) is 0 Å². The molecule has 5 aliphatic rings. The lowest BCUT2D eigenvalue weighted by Crippen LogP contribution is -2.67. The minimum Gasteiger partial charge on any atom is -0.462 e. The van der Waals surface area contributed by atoms with E-state index in [4.69, 9.17) is 14.2 Å². The number of esters is 3. The van der Waals surface area contributed by atoms with Gasteiger partial charge < -0.3 is 14.2 Å². The van der Waals surface area contributed by atoms with Crippen molar-refractivity contribution in [2.45, 2.75) is 145 Å². The number of benzene rings is 1. The van der Waals surface area contributed by atoms with E-state index in [-0.39, 0.29) is 58.8 Å². The van der Waals surface area contributed by atoms with Gasteiger partial charge in [0, 0.05) is 11.8 Å². The predicted octanol–water partition coefficient (Wildman–Crippen LogP) is 9.72. The SMILES string of the molecule is CCCC(=O)O[C@@H]1CC[C@]2(C)[C@H]3CCC4[C@@H]5[C@H](C(C)C)CC[C@]5(C(=O)OCC(=O)OCc5ccccc5)CC[C@@]4(C)[C@]3(C)CC[C@H]2C1(C)C. The Morgan fingerprint density at radius 2 is 1.51 bits per heavy atom. The fourth-order valence-corrected chi connectivity index (χ4v) is 13.4. The average Bonchev–Trinajstić information content (AvgIpc) is 3.46. The Kier molecular flexibility index (Phi) is 9.89. The lowest BCUT2D eigenvalue weighted by molar-refractivity contribution is -0.252. The van der Waals surface area contributed by atoms with Gasteiger partial charge in [-0.1, -0.05) is 85.7 Å². The maximum Gasteiger partial charge on any atom is 0.344 e. The second kappa shape index (κ2) is 13.3. The van der Waals surface area contributed by atoms with Crippen molar-refractivity contribution in [2.24, 2.45) is 62.6 Å². The van der Waals surface area contributed by atoms with Crippen molar-refractivity contribution in [3.63, 3.8) is 0 Å². The molecular weight excluding hydrogens is 612 g/mol. The number of rotatable bonds is 9. The molecule has 0 spiro atoms. The van der Waals surface area contributed by atoms with Gasteiger partial charge in [0.05, 0.1) is 5.41 Å². The second-order valence-electron chi connectivity index (χ2n) is 18.6. The summed E-state index contributed by atoms with van der Waals surface area (Å²) in [5.41, 5.74) is 0.826. The molecule has 0 saturated heterocycles. The molecule has 6 heteroatoms. The molecule has 0 bridgehead atoms. The highest BCUT2D eigenvalue weighted by atomic mass is 16.6. The van der Waals surface area contributed by atoms with Crippen LogP contribution in [0.3, 0.4) is 0 Å². The lowest BCUT2D eigenvalue weighted by Gasteiger charge is -2.72. The molecule has 49 heavy (non-hydrogen) atoms. The second-order valence-corrected chi connectivity index (χ2v) is 18.6. The Hall–Kier alpha value is -2.37. The van der Waals surface area contributed by atoms with Crippen molar-refractivity contribution < 1.29 is 28.6 Å². The predicted molar refractivity (Wildman–Crippen MR) is 191 cm³/mol. The summed E-state index contributed by atoms with van der Waals surface area (Å²) in [6.07, 6.45) is 11.8. The lowest BCUT2D eigenvalue weighted by atomic mass is 9.32. The zero-order chi connectivity index (χ0) is 35.4. The largest absolute Gasteiger partial charge is 0.462 e. The maximum absolute atomic E-state index is 14.3. The summed E-state index contributed by atoms with van der Waals surface area (Å²) in [5.74, 6) is 2.11. The van der Waals surface area contributed by atoms with Gasteiger partial charge in [0.25, 0.3) is 0 Å². The van der Waals surface area contributed by atoms with Gasteiger partial charge in [0.2, 0.25) is 0 Å². The summed E-state index contributed by atoms with van der Waals surface area (Å²) in [5, 5.41) is 0. The molecule has 0 heterocycles. The van der Waals surface area contributed by atoms with E-state index in [0.29, 0.717) is 36.0 Å². The van der Waals surface area contributed by atoms with E-state index in [0.717, 1.165) is 63.4 Å². The fraction of sp³-hybridized carbons (Fsp3) is 0.791. The summed E-state index contributed by atoms with van der Waals surface area (Å²) in [6.45, 7) is 19.1. The summed E-state index contributed by atoms with van der Waals surface area (Å²) in [4.78, 5) is 39.6. The Bertz CT molecular complexity index is 1390. The average molecular weight is 677 g/mol. The van der Waals surface area contributed by atoms with Crippen LogP contribution in [-0.4, -0.2) is 30.6 Å². The van der Waals surface area contributed by atoms with Crippen LogP contribution in [0.25, 0.3) is 0 Å². The first-order valence-electron chi connectivity index (χ1n) is 19.7. The van der Waals surface area contributed by atoms with Crippen LogP contribution in [0.5, 0.6) is 0 Å². The summed E-state index contributed by atoms with van der Waals surface area (Å²) >= 11 is 0. The van der Waals surface area contributed by atoms with Gasteiger partial charge in [-0.25, -0.2) is 4.79 Å². The molecule has 5 saturated carbocycles. The smallest absolute Gasteiger partial charge is 0.344 e. The number of fused-ring (bicyclic) bond motifs is 7. The molecule has 0 aliphatic heterocycles. The molecule has 0 amide bonds. The third kappa shape index (κ3) is 5.87. The van der Waals surface area contributed by atoms with E-state index >= 15 is 0 Å².